The van der Waals surface area contributed by atoms with Crippen LogP contribution in [0.15, 0.2) is 36.7 Å². The Kier molecular flexibility index (Phi) is 5.28. The fourth-order valence-electron chi connectivity index (χ4n) is 2.06. The maximum atomic E-state index is 5.72. The molecule has 1 aromatic heterocycles. The van der Waals surface area contributed by atoms with Crippen molar-refractivity contribution < 1.29 is 0 Å². The van der Waals surface area contributed by atoms with Gasteiger partial charge in [-0.2, -0.15) is 0 Å². The molecule has 4 heteroatoms. The smallest absolute Gasteiger partial charge is 0.110 e. The van der Waals surface area contributed by atoms with Crippen LogP contribution < -0.4 is 5.32 Å². The summed E-state index contributed by atoms with van der Waals surface area (Å²) in [6.07, 6.45) is 6.80. The number of anilines is 1. The number of alkyl halides is 1. The van der Waals surface area contributed by atoms with Gasteiger partial charge in [0.05, 0.1) is 0 Å². The van der Waals surface area contributed by atoms with E-state index < -0.39 is 0 Å². The Hall–Kier alpha value is -1.48. The summed E-state index contributed by atoms with van der Waals surface area (Å²) in [5.41, 5.74) is 2.50. The third kappa shape index (κ3) is 4.28. The molecule has 1 N–H and O–H groups in total. The summed E-state index contributed by atoms with van der Waals surface area (Å²) in [6.45, 7) is 0.893. The number of imidazole rings is 1. The molecule has 0 spiro atoms. The van der Waals surface area contributed by atoms with Gasteiger partial charge in [0.1, 0.15) is 5.82 Å². The van der Waals surface area contributed by atoms with E-state index in [1.807, 2.05) is 19.4 Å². The maximum absolute atomic E-state index is 5.72. The molecule has 0 unspecified atom stereocenters. The van der Waals surface area contributed by atoms with Gasteiger partial charge in [-0.25, -0.2) is 4.98 Å². The van der Waals surface area contributed by atoms with Crippen molar-refractivity contribution in [2.24, 2.45) is 7.05 Å². The quantitative estimate of drug-likeness (QED) is 0.788. The van der Waals surface area contributed by atoms with Gasteiger partial charge in [-0.3, -0.25) is 0 Å². The first kappa shape index (κ1) is 13.9. The zero-order valence-corrected chi connectivity index (χ0v) is 12.0. The van der Waals surface area contributed by atoms with Crippen LogP contribution in [0.1, 0.15) is 17.8 Å². The first-order valence-corrected chi connectivity index (χ1v) is 7.18. The molecule has 2 aromatic rings. The van der Waals surface area contributed by atoms with Gasteiger partial charge in [-0.05, 0) is 30.5 Å². The molecule has 0 atom stereocenters. The molecule has 0 aliphatic rings. The van der Waals surface area contributed by atoms with E-state index in [0.29, 0.717) is 0 Å². The van der Waals surface area contributed by atoms with Crippen LogP contribution in [0.25, 0.3) is 0 Å². The number of nitrogens with zero attached hydrogens (tertiary/aromatic N) is 2. The van der Waals surface area contributed by atoms with Crippen LogP contribution >= 0.6 is 11.6 Å². The average molecular weight is 278 g/mol. The van der Waals surface area contributed by atoms with Crippen molar-refractivity contribution >= 4 is 17.3 Å². The van der Waals surface area contributed by atoms with Gasteiger partial charge in [-0.1, -0.05) is 12.1 Å². The largest absolute Gasteiger partial charge is 0.385 e. The summed E-state index contributed by atoms with van der Waals surface area (Å²) in [4.78, 5) is 4.31. The average Bonchev–Trinajstić information content (AvgIpc) is 2.83. The second-order valence-electron chi connectivity index (χ2n) is 4.62. The van der Waals surface area contributed by atoms with E-state index in [4.69, 9.17) is 11.6 Å². The molecule has 0 radical (unpaired) electrons. The zero-order chi connectivity index (χ0) is 13.5. The zero-order valence-electron chi connectivity index (χ0n) is 11.3. The van der Waals surface area contributed by atoms with Crippen LogP contribution in [-0.2, 0) is 19.9 Å². The molecule has 102 valence electrons. The van der Waals surface area contributed by atoms with Gasteiger partial charge in [0.25, 0.3) is 0 Å². The van der Waals surface area contributed by atoms with E-state index in [2.05, 4.69) is 39.1 Å². The van der Waals surface area contributed by atoms with Crippen LogP contribution in [0.4, 0.5) is 5.69 Å². The molecule has 0 fully saturated rings. The molecule has 19 heavy (non-hydrogen) atoms. The number of rotatable bonds is 7. The van der Waals surface area contributed by atoms with E-state index in [-0.39, 0.29) is 0 Å². The summed E-state index contributed by atoms with van der Waals surface area (Å²) >= 11 is 5.72. The Labute approximate surface area is 119 Å². The normalized spacial score (nSPS) is 10.6. The number of aryl methyl sites for hydroxylation is 2. The second-order valence-corrected chi connectivity index (χ2v) is 5.00. The van der Waals surface area contributed by atoms with Gasteiger partial charge >= 0.3 is 0 Å². The number of aromatic nitrogens is 2. The van der Waals surface area contributed by atoms with Gasteiger partial charge in [0.15, 0.2) is 0 Å². The topological polar surface area (TPSA) is 29.9 Å². The highest BCUT2D eigenvalue weighted by atomic mass is 35.5. The second kappa shape index (κ2) is 7.19. The predicted molar refractivity (Wildman–Crippen MR) is 80.9 cm³/mol. The molecule has 0 amide bonds. The van der Waals surface area contributed by atoms with E-state index >= 15 is 0 Å². The minimum absolute atomic E-state index is 0.719. The van der Waals surface area contributed by atoms with Crippen molar-refractivity contribution in [2.45, 2.75) is 19.3 Å². The minimum Gasteiger partial charge on any atom is -0.385 e. The lowest BCUT2D eigenvalue weighted by Gasteiger charge is -2.08. The summed E-state index contributed by atoms with van der Waals surface area (Å²) < 4.78 is 2.05. The van der Waals surface area contributed by atoms with Crippen LogP contribution in [0, 0.1) is 0 Å². The summed E-state index contributed by atoms with van der Waals surface area (Å²) in [5, 5.41) is 3.44. The van der Waals surface area contributed by atoms with Crippen molar-refractivity contribution in [3.05, 3.63) is 48.0 Å². The maximum Gasteiger partial charge on any atom is 0.110 e. The molecule has 0 saturated carbocycles. The van der Waals surface area contributed by atoms with Crippen molar-refractivity contribution in [3.8, 4) is 0 Å². The highest BCUT2D eigenvalue weighted by Crippen LogP contribution is 2.12. The highest BCUT2D eigenvalue weighted by molar-refractivity contribution is 6.17. The Morgan fingerprint density at radius 2 is 2.21 bits per heavy atom. The third-order valence-corrected chi connectivity index (χ3v) is 3.39. The first-order chi connectivity index (χ1) is 9.29. The lowest BCUT2D eigenvalue weighted by atomic mass is 10.1. The van der Waals surface area contributed by atoms with E-state index in [9.17, 15) is 0 Å². The summed E-state index contributed by atoms with van der Waals surface area (Å²) in [5.74, 6) is 1.82. The molecule has 2 rings (SSSR count). The highest BCUT2D eigenvalue weighted by Gasteiger charge is 1.99. The number of hydrogen-bond acceptors (Lipinski definition) is 2. The van der Waals surface area contributed by atoms with Crippen molar-refractivity contribution in [1.29, 1.82) is 0 Å². The summed E-state index contributed by atoms with van der Waals surface area (Å²) in [7, 11) is 2.02. The van der Waals surface area contributed by atoms with Crippen LogP contribution in [0.2, 0.25) is 0 Å². The SMILES string of the molecule is Cn1ccnc1CCNc1cccc(CCCCl)c1. The minimum atomic E-state index is 0.719. The first-order valence-electron chi connectivity index (χ1n) is 6.64. The van der Waals surface area contributed by atoms with Crippen LogP contribution in [-0.4, -0.2) is 22.0 Å². The van der Waals surface area contributed by atoms with E-state index in [0.717, 1.165) is 37.5 Å². The van der Waals surface area contributed by atoms with E-state index in [1.54, 1.807) is 0 Å². The lowest BCUT2D eigenvalue weighted by molar-refractivity contribution is 0.789. The van der Waals surface area contributed by atoms with Crippen molar-refractivity contribution in [2.75, 3.05) is 17.7 Å². The van der Waals surface area contributed by atoms with Gasteiger partial charge in [0, 0.05) is 44.0 Å². The fourth-order valence-corrected chi connectivity index (χ4v) is 2.20. The molecule has 0 aliphatic heterocycles. The van der Waals surface area contributed by atoms with Gasteiger partial charge in [-0.15, -0.1) is 11.6 Å². The predicted octanol–water partition coefficient (Wildman–Crippen LogP) is 3.25. The van der Waals surface area contributed by atoms with E-state index in [1.165, 1.54) is 11.3 Å². The number of hydrogen-bond donors (Lipinski definition) is 1. The third-order valence-electron chi connectivity index (χ3n) is 3.12. The summed E-state index contributed by atoms with van der Waals surface area (Å²) in [6, 6.07) is 8.54. The molecular formula is C15H20ClN3. The van der Waals surface area contributed by atoms with Gasteiger partial charge in [0.2, 0.25) is 0 Å². The van der Waals surface area contributed by atoms with Crippen molar-refractivity contribution in [3.63, 3.8) is 0 Å². The van der Waals surface area contributed by atoms with Crippen molar-refractivity contribution in [1.82, 2.24) is 9.55 Å². The van der Waals surface area contributed by atoms with Crippen LogP contribution in [0.5, 0.6) is 0 Å². The Balaban J connectivity index is 1.84. The molecule has 0 saturated heterocycles. The molecular weight excluding hydrogens is 258 g/mol. The molecule has 1 heterocycles. The molecule has 1 aromatic carbocycles. The molecule has 0 aliphatic carbocycles. The monoisotopic (exact) mass is 277 g/mol. The lowest BCUT2D eigenvalue weighted by Crippen LogP contribution is -2.08. The number of halogens is 1. The molecule has 3 nitrogen and oxygen atoms in total. The van der Waals surface area contributed by atoms with Gasteiger partial charge < -0.3 is 9.88 Å². The number of benzene rings is 1. The Bertz CT molecular complexity index is 508. The van der Waals surface area contributed by atoms with Crippen LogP contribution in [0.3, 0.4) is 0 Å². The fraction of sp³-hybridized carbons (Fsp3) is 0.400. The standard InChI is InChI=1S/C15H20ClN3/c1-19-11-10-18-15(19)7-9-17-14-6-2-4-13(12-14)5-3-8-16/h2,4,6,10-12,17H,3,5,7-9H2,1H3. The Morgan fingerprint density at radius 3 is 2.95 bits per heavy atom. The number of nitrogens with one attached hydrogen (secondary N) is 1. The Morgan fingerprint density at radius 1 is 1.32 bits per heavy atom. The molecule has 0 bridgehead atoms.